The molecule has 71 heavy (non-hydrogen) atoms. The Hall–Kier alpha value is -1.85. The van der Waals surface area contributed by atoms with Crippen LogP contribution >= 0.6 is 0 Å². The third kappa shape index (κ3) is 41.1. The molecule has 1 fully saturated rings. The van der Waals surface area contributed by atoms with E-state index in [4.69, 9.17) is 9.47 Å². The Morgan fingerprint density at radius 3 is 1.27 bits per heavy atom. The van der Waals surface area contributed by atoms with Gasteiger partial charge in [0.2, 0.25) is 5.91 Å². The van der Waals surface area contributed by atoms with E-state index in [0.29, 0.717) is 6.42 Å². The van der Waals surface area contributed by atoms with E-state index in [0.717, 1.165) is 44.9 Å². The van der Waals surface area contributed by atoms with Crippen LogP contribution in [0.5, 0.6) is 0 Å². The molecular formula is C62H115NO8. The lowest BCUT2D eigenvalue weighted by Gasteiger charge is -2.40. The van der Waals surface area contributed by atoms with E-state index < -0.39 is 49.5 Å². The lowest BCUT2D eigenvalue weighted by Crippen LogP contribution is -2.60. The van der Waals surface area contributed by atoms with Crippen LogP contribution in [0.1, 0.15) is 284 Å². The molecule has 1 aliphatic rings. The second kappa shape index (κ2) is 51.6. The van der Waals surface area contributed by atoms with Crippen molar-refractivity contribution < 1.29 is 39.8 Å². The lowest BCUT2D eigenvalue weighted by atomic mass is 9.99. The van der Waals surface area contributed by atoms with Crippen LogP contribution < -0.4 is 5.32 Å². The lowest BCUT2D eigenvalue weighted by molar-refractivity contribution is -0.302. The molecule has 0 aromatic rings. The summed E-state index contributed by atoms with van der Waals surface area (Å²) in [7, 11) is 0. The van der Waals surface area contributed by atoms with Crippen molar-refractivity contribution in [2.24, 2.45) is 0 Å². The highest BCUT2D eigenvalue weighted by atomic mass is 16.7. The molecule has 0 aromatic carbocycles. The second-order valence-corrected chi connectivity index (χ2v) is 21.1. The molecule has 1 amide bonds. The van der Waals surface area contributed by atoms with Crippen molar-refractivity contribution in [3.8, 4) is 0 Å². The van der Waals surface area contributed by atoms with Crippen LogP contribution in [0.15, 0.2) is 48.6 Å². The predicted octanol–water partition coefficient (Wildman–Crippen LogP) is 15.3. The minimum atomic E-state index is -1.57. The maximum absolute atomic E-state index is 13.1. The van der Waals surface area contributed by atoms with Crippen molar-refractivity contribution in [2.45, 2.75) is 326 Å². The van der Waals surface area contributed by atoms with Crippen LogP contribution in [0.4, 0.5) is 0 Å². The maximum Gasteiger partial charge on any atom is 0.220 e. The van der Waals surface area contributed by atoms with Crippen molar-refractivity contribution in [1.29, 1.82) is 0 Å². The standard InChI is InChI=1S/C62H115NO8/c1-3-5-7-9-11-13-15-17-19-21-22-23-24-25-26-27-28-29-30-31-32-33-34-36-38-40-42-44-46-48-50-52-58(66)63-55(54-70-62-61(69)60(68)59(67)57(53-64)71-62)56(65)51-49-47-45-43-41-39-37-35-20-18-16-14-12-10-8-6-4-2/h22-23,25-26,41,43,49,51,55-57,59-62,64-65,67-69H,3-21,24,27-40,42,44-48,50,52-54H2,1-2H3,(H,63,66)/b23-22-,26-25-,43-41+,51-49+. The molecule has 7 atom stereocenters. The molecule has 1 rings (SSSR count). The first-order valence-corrected chi connectivity index (χ1v) is 30.4. The Kier molecular flexibility index (Phi) is 48.8. The van der Waals surface area contributed by atoms with E-state index >= 15 is 0 Å². The molecule has 0 spiro atoms. The van der Waals surface area contributed by atoms with Gasteiger partial charge in [-0.2, -0.15) is 0 Å². The molecule has 9 heteroatoms. The highest BCUT2D eigenvalue weighted by molar-refractivity contribution is 5.76. The molecule has 7 unspecified atom stereocenters. The van der Waals surface area contributed by atoms with Gasteiger partial charge in [0.1, 0.15) is 24.4 Å². The van der Waals surface area contributed by atoms with E-state index in [2.05, 4.69) is 55.6 Å². The number of hydrogen-bond acceptors (Lipinski definition) is 8. The zero-order chi connectivity index (χ0) is 51.5. The number of nitrogens with one attached hydrogen (secondary N) is 1. The van der Waals surface area contributed by atoms with Crippen LogP contribution in [-0.2, 0) is 14.3 Å². The topological polar surface area (TPSA) is 149 Å². The molecule has 0 radical (unpaired) electrons. The van der Waals surface area contributed by atoms with E-state index in [-0.39, 0.29) is 12.5 Å². The van der Waals surface area contributed by atoms with Gasteiger partial charge in [-0.1, -0.05) is 262 Å². The first kappa shape index (κ1) is 67.2. The van der Waals surface area contributed by atoms with Gasteiger partial charge in [-0.15, -0.1) is 0 Å². The van der Waals surface area contributed by atoms with Crippen molar-refractivity contribution in [3.05, 3.63) is 48.6 Å². The SMILES string of the molecule is CCCCCCCCCCC/C=C\C/C=C\CCCCCCCCCCCCCCCCCC(=O)NC(COC1OC(CO)C(O)C(O)C1O)C(O)/C=C/CC/C=C/CCCCCCCCCCCCC. The van der Waals surface area contributed by atoms with Gasteiger partial charge in [-0.05, 0) is 64.2 Å². The van der Waals surface area contributed by atoms with Crippen LogP contribution in [-0.4, -0.2) is 87.5 Å². The Morgan fingerprint density at radius 2 is 0.845 bits per heavy atom. The van der Waals surface area contributed by atoms with E-state index in [1.165, 1.54) is 218 Å². The average molecular weight is 1000 g/mol. The second-order valence-electron chi connectivity index (χ2n) is 21.1. The Balaban J connectivity index is 2.17. The summed E-state index contributed by atoms with van der Waals surface area (Å²) < 4.78 is 11.3. The molecule has 1 heterocycles. The highest BCUT2D eigenvalue weighted by Gasteiger charge is 2.44. The number of aliphatic hydroxyl groups is 5. The van der Waals surface area contributed by atoms with Crippen molar-refractivity contribution in [1.82, 2.24) is 5.32 Å². The maximum atomic E-state index is 13.1. The third-order valence-electron chi connectivity index (χ3n) is 14.4. The largest absolute Gasteiger partial charge is 0.394 e. The fourth-order valence-corrected chi connectivity index (χ4v) is 9.56. The van der Waals surface area contributed by atoms with E-state index in [9.17, 15) is 30.3 Å². The summed E-state index contributed by atoms with van der Waals surface area (Å²) in [5, 5.41) is 54.5. The number of aliphatic hydroxyl groups excluding tert-OH is 5. The van der Waals surface area contributed by atoms with Gasteiger partial charge in [-0.25, -0.2) is 0 Å². The summed E-state index contributed by atoms with van der Waals surface area (Å²) in [6.07, 6.45) is 61.9. The van der Waals surface area contributed by atoms with E-state index in [1.807, 2.05) is 6.08 Å². The number of carbonyl (C=O) groups excluding carboxylic acids is 1. The normalized spacial score (nSPS) is 19.6. The Labute approximate surface area is 437 Å². The summed E-state index contributed by atoms with van der Waals surface area (Å²) in [5.74, 6) is -0.185. The molecule has 0 bridgehead atoms. The fourth-order valence-electron chi connectivity index (χ4n) is 9.56. The van der Waals surface area contributed by atoms with Gasteiger partial charge in [-0.3, -0.25) is 4.79 Å². The summed E-state index contributed by atoms with van der Waals surface area (Å²) in [6, 6.07) is -0.822. The molecule has 6 N–H and O–H groups in total. The van der Waals surface area contributed by atoms with Crippen LogP contribution in [0.3, 0.4) is 0 Å². The first-order chi connectivity index (χ1) is 34.8. The van der Waals surface area contributed by atoms with Gasteiger partial charge in [0.05, 0.1) is 25.4 Å². The number of amides is 1. The molecule has 0 aliphatic carbocycles. The monoisotopic (exact) mass is 1000 g/mol. The summed E-state index contributed by atoms with van der Waals surface area (Å²) in [6.45, 7) is 3.78. The zero-order valence-corrected chi connectivity index (χ0v) is 46.2. The van der Waals surface area contributed by atoms with Gasteiger partial charge in [0.15, 0.2) is 6.29 Å². The fraction of sp³-hybridized carbons (Fsp3) is 0.855. The molecule has 1 saturated heterocycles. The minimum absolute atomic E-state index is 0.185. The predicted molar refractivity (Wildman–Crippen MR) is 299 cm³/mol. The molecule has 0 saturated carbocycles. The Morgan fingerprint density at radius 1 is 0.479 bits per heavy atom. The smallest absolute Gasteiger partial charge is 0.220 e. The molecule has 416 valence electrons. The van der Waals surface area contributed by atoms with Crippen molar-refractivity contribution in [3.63, 3.8) is 0 Å². The van der Waals surface area contributed by atoms with Crippen molar-refractivity contribution in [2.75, 3.05) is 13.2 Å². The summed E-state index contributed by atoms with van der Waals surface area (Å²) in [4.78, 5) is 13.1. The highest BCUT2D eigenvalue weighted by Crippen LogP contribution is 2.23. The quantitative estimate of drug-likeness (QED) is 0.0261. The molecular weight excluding hydrogens is 887 g/mol. The average Bonchev–Trinajstić information content (AvgIpc) is 3.37. The van der Waals surface area contributed by atoms with Gasteiger partial charge < -0.3 is 40.3 Å². The summed E-state index contributed by atoms with van der Waals surface area (Å²) in [5.41, 5.74) is 0. The number of rotatable bonds is 52. The molecule has 0 aromatic heterocycles. The van der Waals surface area contributed by atoms with Crippen LogP contribution in [0.25, 0.3) is 0 Å². The van der Waals surface area contributed by atoms with Crippen molar-refractivity contribution >= 4 is 5.91 Å². The van der Waals surface area contributed by atoms with E-state index in [1.54, 1.807) is 6.08 Å². The summed E-state index contributed by atoms with van der Waals surface area (Å²) >= 11 is 0. The Bertz CT molecular complexity index is 1250. The number of unbranched alkanes of at least 4 members (excludes halogenated alkanes) is 36. The minimum Gasteiger partial charge on any atom is -0.394 e. The third-order valence-corrected chi connectivity index (χ3v) is 14.4. The number of allylic oxidation sites excluding steroid dienone is 7. The number of carbonyl (C=O) groups is 1. The number of hydrogen-bond donors (Lipinski definition) is 6. The van der Waals surface area contributed by atoms with Gasteiger partial charge in [0, 0.05) is 6.42 Å². The number of ether oxygens (including phenoxy) is 2. The first-order valence-electron chi connectivity index (χ1n) is 30.4. The van der Waals surface area contributed by atoms with Crippen LogP contribution in [0.2, 0.25) is 0 Å². The van der Waals surface area contributed by atoms with Crippen LogP contribution in [0, 0.1) is 0 Å². The zero-order valence-electron chi connectivity index (χ0n) is 46.2. The van der Waals surface area contributed by atoms with Gasteiger partial charge in [0.25, 0.3) is 0 Å². The molecule has 9 nitrogen and oxygen atoms in total. The molecule has 1 aliphatic heterocycles. The van der Waals surface area contributed by atoms with Gasteiger partial charge >= 0.3 is 0 Å².